The monoisotopic (exact) mass is 217 g/mol. The van der Waals surface area contributed by atoms with Gasteiger partial charge in [0.05, 0.1) is 0 Å². The van der Waals surface area contributed by atoms with E-state index in [0.717, 1.165) is 5.69 Å². The van der Waals surface area contributed by atoms with Gasteiger partial charge >= 0.3 is 0 Å². The molecule has 0 atom stereocenters. The van der Waals surface area contributed by atoms with Crippen molar-refractivity contribution < 1.29 is 9.59 Å². The van der Waals surface area contributed by atoms with Crippen LogP contribution in [0.1, 0.15) is 6.92 Å². The Balaban J connectivity index is 2.29. The summed E-state index contributed by atoms with van der Waals surface area (Å²) in [7, 11) is 0. The van der Waals surface area contributed by atoms with E-state index in [-0.39, 0.29) is 5.70 Å². The number of nitrogens with zero attached hydrogens (tertiary/aromatic N) is 1. The largest absolute Gasteiger partial charge is 0.351 e. The van der Waals surface area contributed by atoms with Crippen LogP contribution in [0.25, 0.3) is 0 Å². The molecule has 0 aliphatic carbocycles. The summed E-state index contributed by atoms with van der Waals surface area (Å²) >= 11 is 0. The maximum atomic E-state index is 11.6. The summed E-state index contributed by atoms with van der Waals surface area (Å²) in [5.74, 6) is 4.33. The highest BCUT2D eigenvalue weighted by Gasteiger charge is 2.34. The second-order valence-electron chi connectivity index (χ2n) is 3.47. The van der Waals surface area contributed by atoms with Gasteiger partial charge in [0.15, 0.2) is 0 Å². The smallest absolute Gasteiger partial charge is 0.292 e. The number of nitrogens with one attached hydrogen (secondary N) is 1. The van der Waals surface area contributed by atoms with E-state index in [0.29, 0.717) is 10.6 Å². The van der Waals surface area contributed by atoms with Crippen LogP contribution in [0.5, 0.6) is 0 Å². The molecule has 16 heavy (non-hydrogen) atoms. The number of benzene rings is 1. The molecule has 0 bridgehead atoms. The number of anilines is 1. The Morgan fingerprint density at radius 3 is 2.25 bits per heavy atom. The van der Waals surface area contributed by atoms with E-state index in [4.69, 9.17) is 5.84 Å². The average Bonchev–Trinajstić information content (AvgIpc) is 2.48. The molecule has 5 heteroatoms. The molecule has 2 rings (SSSR count). The predicted octanol–water partition coefficient (Wildman–Crippen LogP) is 0.615. The van der Waals surface area contributed by atoms with E-state index >= 15 is 0 Å². The van der Waals surface area contributed by atoms with Gasteiger partial charge in [0.2, 0.25) is 0 Å². The first kappa shape index (κ1) is 10.4. The van der Waals surface area contributed by atoms with E-state index < -0.39 is 11.8 Å². The number of imide groups is 1. The third-order valence-electron chi connectivity index (χ3n) is 2.39. The highest BCUT2D eigenvalue weighted by Crippen LogP contribution is 2.19. The fourth-order valence-electron chi connectivity index (χ4n) is 1.47. The van der Waals surface area contributed by atoms with Crippen molar-refractivity contribution in [3.63, 3.8) is 0 Å². The Kier molecular flexibility index (Phi) is 2.46. The minimum absolute atomic E-state index is 0.235. The first-order valence-electron chi connectivity index (χ1n) is 4.77. The number of para-hydroxylation sites is 1. The summed E-state index contributed by atoms with van der Waals surface area (Å²) in [5, 5.41) is 3.50. The number of carbonyl (C=O) groups is 2. The Bertz CT molecular complexity index is 479. The van der Waals surface area contributed by atoms with Crippen molar-refractivity contribution in [1.82, 2.24) is 5.01 Å². The SMILES string of the molecule is CC1=C(Nc2ccccc2)C(=O)N(N)C1=O. The number of hydrazine groups is 1. The van der Waals surface area contributed by atoms with E-state index in [2.05, 4.69) is 5.32 Å². The number of amides is 2. The molecule has 0 saturated carbocycles. The van der Waals surface area contributed by atoms with Gasteiger partial charge in [0, 0.05) is 11.3 Å². The molecule has 0 spiro atoms. The lowest BCUT2D eigenvalue weighted by atomic mass is 10.2. The molecule has 0 radical (unpaired) electrons. The highest BCUT2D eigenvalue weighted by molar-refractivity contribution is 6.19. The van der Waals surface area contributed by atoms with Gasteiger partial charge in [-0.05, 0) is 19.1 Å². The molecule has 82 valence electrons. The average molecular weight is 217 g/mol. The molecular weight excluding hydrogens is 206 g/mol. The van der Waals surface area contributed by atoms with E-state index in [9.17, 15) is 9.59 Å². The van der Waals surface area contributed by atoms with Crippen molar-refractivity contribution in [2.45, 2.75) is 6.92 Å². The van der Waals surface area contributed by atoms with Crippen molar-refractivity contribution in [3.8, 4) is 0 Å². The lowest BCUT2D eigenvalue weighted by Crippen LogP contribution is -2.38. The molecule has 1 aliphatic rings. The maximum Gasteiger partial charge on any atom is 0.292 e. The van der Waals surface area contributed by atoms with Gasteiger partial charge in [0.25, 0.3) is 11.8 Å². The van der Waals surface area contributed by atoms with E-state index in [1.807, 2.05) is 18.2 Å². The third kappa shape index (κ3) is 1.57. The summed E-state index contributed by atoms with van der Waals surface area (Å²) in [6.07, 6.45) is 0. The second-order valence-corrected chi connectivity index (χ2v) is 3.47. The van der Waals surface area contributed by atoms with Gasteiger partial charge < -0.3 is 5.32 Å². The molecule has 1 heterocycles. The van der Waals surface area contributed by atoms with Crippen LogP contribution in [0.3, 0.4) is 0 Å². The number of carbonyl (C=O) groups excluding carboxylic acids is 2. The fraction of sp³-hybridized carbons (Fsp3) is 0.0909. The summed E-state index contributed by atoms with van der Waals surface area (Å²) in [5.41, 5.74) is 1.31. The highest BCUT2D eigenvalue weighted by atomic mass is 16.2. The molecule has 3 N–H and O–H groups in total. The van der Waals surface area contributed by atoms with E-state index in [1.165, 1.54) is 0 Å². The first-order chi connectivity index (χ1) is 7.61. The minimum atomic E-state index is -0.508. The lowest BCUT2D eigenvalue weighted by molar-refractivity contribution is -0.137. The Hall–Kier alpha value is -2.14. The quantitative estimate of drug-likeness (QED) is 0.432. The van der Waals surface area contributed by atoms with Gasteiger partial charge in [-0.25, -0.2) is 10.9 Å². The van der Waals surface area contributed by atoms with Gasteiger partial charge in [-0.1, -0.05) is 18.2 Å². The van der Waals surface area contributed by atoms with Crippen molar-refractivity contribution in [2.75, 3.05) is 5.32 Å². The molecule has 1 aliphatic heterocycles. The zero-order valence-corrected chi connectivity index (χ0v) is 8.73. The molecule has 2 amide bonds. The zero-order chi connectivity index (χ0) is 11.7. The fourth-order valence-corrected chi connectivity index (χ4v) is 1.47. The molecule has 0 saturated heterocycles. The minimum Gasteiger partial charge on any atom is -0.351 e. The van der Waals surface area contributed by atoms with Gasteiger partial charge in [0.1, 0.15) is 5.70 Å². The first-order valence-corrected chi connectivity index (χ1v) is 4.77. The molecule has 0 unspecified atom stereocenters. The second kappa shape index (κ2) is 3.79. The molecule has 0 fully saturated rings. The van der Waals surface area contributed by atoms with Crippen molar-refractivity contribution in [1.29, 1.82) is 0 Å². The van der Waals surface area contributed by atoms with Crippen LogP contribution in [0.4, 0.5) is 5.69 Å². The van der Waals surface area contributed by atoms with Crippen LogP contribution < -0.4 is 11.2 Å². The van der Waals surface area contributed by atoms with Gasteiger partial charge in [-0.2, -0.15) is 0 Å². The molecule has 1 aromatic rings. The summed E-state index contributed by atoms with van der Waals surface area (Å²) < 4.78 is 0. The van der Waals surface area contributed by atoms with Crippen LogP contribution in [-0.2, 0) is 9.59 Å². The number of hydrogen-bond acceptors (Lipinski definition) is 4. The summed E-state index contributed by atoms with van der Waals surface area (Å²) in [6.45, 7) is 1.57. The van der Waals surface area contributed by atoms with E-state index in [1.54, 1.807) is 19.1 Å². The molecule has 1 aromatic carbocycles. The molecule has 0 aromatic heterocycles. The van der Waals surface area contributed by atoms with Gasteiger partial charge in [-0.3, -0.25) is 9.59 Å². The number of hydrogen-bond donors (Lipinski definition) is 2. The summed E-state index contributed by atoms with van der Waals surface area (Å²) in [4.78, 5) is 23.0. The topological polar surface area (TPSA) is 75.4 Å². The van der Waals surface area contributed by atoms with Crippen LogP contribution in [0.2, 0.25) is 0 Å². The third-order valence-corrected chi connectivity index (χ3v) is 2.39. The zero-order valence-electron chi connectivity index (χ0n) is 8.73. The Morgan fingerprint density at radius 1 is 1.12 bits per heavy atom. The summed E-state index contributed by atoms with van der Waals surface area (Å²) in [6, 6.07) is 9.14. The number of rotatable bonds is 2. The van der Waals surface area contributed by atoms with Crippen LogP contribution in [0, 0.1) is 0 Å². The van der Waals surface area contributed by atoms with Gasteiger partial charge in [-0.15, -0.1) is 0 Å². The molecule has 5 nitrogen and oxygen atoms in total. The Morgan fingerprint density at radius 2 is 1.75 bits per heavy atom. The molecular formula is C11H11N3O2. The van der Waals surface area contributed by atoms with Crippen molar-refractivity contribution in [2.24, 2.45) is 5.84 Å². The van der Waals surface area contributed by atoms with Crippen LogP contribution >= 0.6 is 0 Å². The van der Waals surface area contributed by atoms with Crippen LogP contribution in [-0.4, -0.2) is 16.8 Å². The number of nitrogens with two attached hydrogens (primary N) is 1. The maximum absolute atomic E-state index is 11.6. The normalized spacial score (nSPS) is 16.0. The van der Waals surface area contributed by atoms with Crippen LogP contribution in [0.15, 0.2) is 41.6 Å². The van der Waals surface area contributed by atoms with Crippen molar-refractivity contribution in [3.05, 3.63) is 41.6 Å². The standard InChI is InChI=1S/C11H11N3O2/c1-7-9(11(16)14(12)10(7)15)13-8-5-3-2-4-6-8/h2-6,13H,12H2,1H3. The Labute approximate surface area is 92.5 Å². The lowest BCUT2D eigenvalue weighted by Gasteiger charge is -2.08. The van der Waals surface area contributed by atoms with Crippen molar-refractivity contribution >= 4 is 17.5 Å². The predicted molar refractivity (Wildman–Crippen MR) is 58.8 cm³/mol.